The summed E-state index contributed by atoms with van der Waals surface area (Å²) >= 11 is 0. The van der Waals surface area contributed by atoms with Gasteiger partial charge in [-0.1, -0.05) is 156 Å². The van der Waals surface area contributed by atoms with Crippen molar-refractivity contribution in [2.45, 2.75) is 64.3 Å². The molecule has 0 spiro atoms. The van der Waals surface area contributed by atoms with Crippen molar-refractivity contribution in [3.63, 3.8) is 0 Å². The Balaban J connectivity index is 1.61. The summed E-state index contributed by atoms with van der Waals surface area (Å²) in [7, 11) is -1.56. The maximum atomic E-state index is 13.0. The molecule has 0 saturated carbocycles. The van der Waals surface area contributed by atoms with Crippen molar-refractivity contribution < 1.29 is 9.53 Å². The first kappa shape index (κ1) is 32.5. The summed E-state index contributed by atoms with van der Waals surface area (Å²) in [5.74, 6) is 0.559. The molecule has 1 N–H and O–H groups in total. The summed E-state index contributed by atoms with van der Waals surface area (Å²) in [5, 5.41) is 15.1. The van der Waals surface area contributed by atoms with Crippen LogP contribution in [0.3, 0.4) is 0 Å². The third-order valence-electron chi connectivity index (χ3n) is 9.37. The number of hydrogen-bond donors (Lipinski definition) is 1. The molecule has 1 aromatic heterocycles. The molecule has 6 aromatic rings. The van der Waals surface area contributed by atoms with E-state index in [-0.39, 0.29) is 11.3 Å². The van der Waals surface area contributed by atoms with Crippen molar-refractivity contribution in [1.29, 1.82) is 0 Å². The van der Waals surface area contributed by atoms with E-state index in [4.69, 9.17) is 9.41 Å². The molecule has 0 aliphatic carbocycles. The zero-order valence-electron chi connectivity index (χ0n) is 28.6. The molecule has 6 rings (SSSR count). The number of nitrogens with zero attached hydrogens (tertiary/aromatic N) is 2. The predicted octanol–water partition coefficient (Wildman–Crippen LogP) is 9.43. The van der Waals surface area contributed by atoms with Crippen molar-refractivity contribution in [3.8, 4) is 5.75 Å². The third-order valence-corrected chi connectivity index (χ3v) is 10.1. The van der Waals surface area contributed by atoms with Gasteiger partial charge in [-0.15, -0.1) is 0 Å². The summed E-state index contributed by atoms with van der Waals surface area (Å²) in [4.78, 5) is 5.04. The summed E-state index contributed by atoms with van der Waals surface area (Å²) in [6, 6.07) is 42.4. The Kier molecular flexibility index (Phi) is 8.73. The van der Waals surface area contributed by atoms with Gasteiger partial charge in [0.25, 0.3) is 0 Å². The van der Waals surface area contributed by atoms with E-state index < -0.39 is 20.2 Å². The third kappa shape index (κ3) is 5.72. The molecule has 4 nitrogen and oxygen atoms in total. The predicted molar refractivity (Wildman–Crippen MR) is 197 cm³/mol. The van der Waals surface area contributed by atoms with Crippen molar-refractivity contribution in [3.05, 3.63) is 167 Å². The average Bonchev–Trinajstić information content (AvgIpc) is 3.56. The van der Waals surface area contributed by atoms with Crippen LogP contribution in [-0.4, -0.2) is 23.7 Å². The molecule has 0 bridgehead atoms. The summed E-state index contributed by atoms with van der Waals surface area (Å²) in [5.41, 5.74) is 3.77. The number of fused-ring (bicyclic) bond motifs is 1. The van der Waals surface area contributed by atoms with Gasteiger partial charge < -0.3 is 14.1 Å². The van der Waals surface area contributed by atoms with Crippen LogP contribution in [0.4, 0.5) is 0 Å². The van der Waals surface area contributed by atoms with Gasteiger partial charge in [-0.05, 0) is 52.1 Å². The number of hydrogen-bond acceptors (Lipinski definition) is 3. The van der Waals surface area contributed by atoms with E-state index in [1.807, 2.05) is 30.7 Å². The highest BCUT2D eigenvalue weighted by atomic mass is 28.3. The Morgan fingerprint density at radius 2 is 1.23 bits per heavy atom. The van der Waals surface area contributed by atoms with Gasteiger partial charge in [0, 0.05) is 17.1 Å². The average molecular weight is 639 g/mol. The molecule has 47 heavy (non-hydrogen) atoms. The van der Waals surface area contributed by atoms with Gasteiger partial charge in [-0.3, -0.25) is 0 Å². The molecule has 0 saturated heterocycles. The first-order valence-electron chi connectivity index (χ1n) is 16.7. The van der Waals surface area contributed by atoms with Crippen LogP contribution in [0.5, 0.6) is 5.75 Å². The minimum atomic E-state index is -1.56. The number of imidazole rings is 1. The van der Waals surface area contributed by atoms with Crippen LogP contribution in [0, 0.1) is 5.92 Å². The maximum absolute atomic E-state index is 13.0. The van der Waals surface area contributed by atoms with Gasteiger partial charge in [0.15, 0.2) is 0 Å². The van der Waals surface area contributed by atoms with Crippen molar-refractivity contribution in [1.82, 2.24) is 9.55 Å². The molecular weight excluding hydrogens is 593 g/mol. The highest BCUT2D eigenvalue weighted by Crippen LogP contribution is 2.46. The van der Waals surface area contributed by atoms with Gasteiger partial charge >= 0.3 is 0 Å². The second-order valence-electron chi connectivity index (χ2n) is 14.2. The Morgan fingerprint density at radius 1 is 0.702 bits per heavy atom. The fourth-order valence-corrected chi connectivity index (χ4v) is 7.59. The molecule has 0 fully saturated rings. The minimum Gasteiger partial charge on any atom is -0.546 e. The smallest absolute Gasteiger partial charge is 0.229 e. The van der Waals surface area contributed by atoms with Crippen LogP contribution >= 0.6 is 0 Å². The largest absolute Gasteiger partial charge is 0.546 e. The highest BCUT2D eigenvalue weighted by Gasteiger charge is 2.44. The molecule has 5 heteroatoms. The lowest BCUT2D eigenvalue weighted by Crippen LogP contribution is -2.38. The lowest BCUT2D eigenvalue weighted by atomic mass is 9.76. The molecule has 1 heterocycles. The molecule has 5 aromatic carbocycles. The van der Waals surface area contributed by atoms with Crippen molar-refractivity contribution in [2.75, 3.05) is 0 Å². The number of benzene rings is 5. The standard InChI is InChI=1S/C42H46N2O2Si/c1-30(2)42(45,37-26-23-31-27-35(40(3,4)5)24-25-36(31)39(37)46-47(6)7)38-28-44(29-43-38)41(32-17-11-8-12-18-32,33-19-13-9-14-20-33)34-21-15-10-16-22-34/h8-30,45,47H,1-7H3. The number of aliphatic hydroxyl groups is 1. The number of rotatable bonds is 9. The molecule has 240 valence electrons. The Labute approximate surface area is 281 Å². The Morgan fingerprint density at radius 3 is 1.70 bits per heavy atom. The molecule has 1 unspecified atom stereocenters. The van der Waals surface area contributed by atoms with Gasteiger partial charge in [0.2, 0.25) is 9.04 Å². The summed E-state index contributed by atoms with van der Waals surface area (Å²) < 4.78 is 8.90. The normalized spacial score (nSPS) is 13.7. The van der Waals surface area contributed by atoms with Gasteiger partial charge in [0.1, 0.15) is 16.9 Å². The van der Waals surface area contributed by atoms with E-state index in [0.29, 0.717) is 5.69 Å². The van der Waals surface area contributed by atoms with E-state index in [9.17, 15) is 5.11 Å². The van der Waals surface area contributed by atoms with Gasteiger partial charge in [0.05, 0.1) is 12.0 Å². The lowest BCUT2D eigenvalue weighted by Gasteiger charge is -2.38. The Hall–Kier alpha value is -4.45. The van der Waals surface area contributed by atoms with E-state index >= 15 is 0 Å². The zero-order valence-corrected chi connectivity index (χ0v) is 29.8. The van der Waals surface area contributed by atoms with E-state index in [0.717, 1.165) is 38.8 Å². The minimum absolute atomic E-state index is 0.0228. The molecule has 0 aliphatic rings. The lowest BCUT2D eigenvalue weighted by molar-refractivity contribution is 0.0265. The van der Waals surface area contributed by atoms with Crippen LogP contribution in [0.2, 0.25) is 13.1 Å². The van der Waals surface area contributed by atoms with Gasteiger partial charge in [-0.2, -0.15) is 0 Å². The molecule has 0 amide bonds. The van der Waals surface area contributed by atoms with Gasteiger partial charge in [-0.25, -0.2) is 4.98 Å². The van der Waals surface area contributed by atoms with Crippen molar-refractivity contribution in [2.24, 2.45) is 5.92 Å². The topological polar surface area (TPSA) is 47.3 Å². The van der Waals surface area contributed by atoms with Crippen LogP contribution in [0.15, 0.2) is 134 Å². The van der Waals surface area contributed by atoms with Crippen molar-refractivity contribution >= 4 is 19.8 Å². The second kappa shape index (κ2) is 12.6. The van der Waals surface area contributed by atoms with E-state index in [1.165, 1.54) is 5.56 Å². The van der Waals surface area contributed by atoms with E-state index in [2.05, 4.69) is 155 Å². The molecule has 0 radical (unpaired) electrons. The zero-order chi connectivity index (χ0) is 33.4. The first-order chi connectivity index (χ1) is 22.5. The molecule has 0 aliphatic heterocycles. The van der Waals surface area contributed by atoms with Crippen LogP contribution in [0.25, 0.3) is 10.8 Å². The maximum Gasteiger partial charge on any atom is 0.229 e. The van der Waals surface area contributed by atoms with Crippen LogP contribution in [-0.2, 0) is 16.6 Å². The summed E-state index contributed by atoms with van der Waals surface area (Å²) in [6.07, 6.45) is 3.92. The number of aromatic nitrogens is 2. The van der Waals surface area contributed by atoms with Crippen LogP contribution < -0.4 is 4.43 Å². The van der Waals surface area contributed by atoms with Crippen LogP contribution in [0.1, 0.15) is 68.1 Å². The first-order valence-corrected chi connectivity index (χ1v) is 19.4. The van der Waals surface area contributed by atoms with E-state index in [1.54, 1.807) is 0 Å². The quantitative estimate of drug-likeness (QED) is 0.127. The fraction of sp³-hybridized carbons (Fsp3) is 0.262. The molecule has 1 atom stereocenters. The highest BCUT2D eigenvalue weighted by molar-refractivity contribution is 6.49. The summed E-state index contributed by atoms with van der Waals surface area (Å²) in [6.45, 7) is 15.1. The SMILES string of the molecule is CC(C)C(O)(c1cn(C(c2ccccc2)(c2ccccc2)c2ccccc2)cn1)c1ccc2cc(C(C)(C)C)ccc2c1O[SiH](C)C. The Bertz CT molecular complexity index is 1860. The molecular formula is C42H46N2O2Si. The second-order valence-corrected chi connectivity index (χ2v) is 16.5. The fourth-order valence-electron chi connectivity index (χ4n) is 6.86. The monoisotopic (exact) mass is 638 g/mol.